The molecule has 8 heteroatoms. The monoisotopic (exact) mass is 599 g/mol. The molecule has 0 saturated heterocycles. The number of hydrogen-bond acceptors (Lipinski definition) is 6. The number of esters is 1. The summed E-state index contributed by atoms with van der Waals surface area (Å²) in [6.45, 7) is 1.86. The van der Waals surface area contributed by atoms with E-state index < -0.39 is 11.9 Å². The Labute approximate surface area is 236 Å². The molecule has 2 aliphatic carbocycles. The second-order valence-electron chi connectivity index (χ2n) is 10.3. The molecule has 1 aliphatic heterocycles. The fourth-order valence-corrected chi connectivity index (χ4v) is 6.51. The number of phenolic OH excluding ortho intramolecular Hbond substituents is 1. The maximum atomic E-state index is 13.8. The number of ketones is 1. The number of carbonyl (C=O) groups is 2. The van der Waals surface area contributed by atoms with Gasteiger partial charge in [-0.1, -0.05) is 30.2 Å². The first-order valence-corrected chi connectivity index (χ1v) is 14.2. The van der Waals surface area contributed by atoms with E-state index in [0.29, 0.717) is 44.7 Å². The third kappa shape index (κ3) is 5.23. The average Bonchev–Trinajstić information content (AvgIpc) is 2.90. The molecule has 5 rings (SSSR count). The molecule has 6 nitrogen and oxygen atoms in total. The summed E-state index contributed by atoms with van der Waals surface area (Å²) in [5, 5.41) is 14.5. The molecule has 1 saturated carbocycles. The van der Waals surface area contributed by atoms with Crippen LogP contribution in [0.15, 0.2) is 63.4 Å². The van der Waals surface area contributed by atoms with Crippen LogP contribution in [0.25, 0.3) is 0 Å². The summed E-state index contributed by atoms with van der Waals surface area (Å²) in [7, 11) is 1.47. The Morgan fingerprint density at radius 2 is 1.79 bits per heavy atom. The van der Waals surface area contributed by atoms with Crippen molar-refractivity contribution in [2.24, 2.45) is 0 Å². The van der Waals surface area contributed by atoms with Crippen molar-refractivity contribution < 1.29 is 24.2 Å². The van der Waals surface area contributed by atoms with Crippen LogP contribution >= 0.6 is 27.5 Å². The number of benzene rings is 2. The second-order valence-corrected chi connectivity index (χ2v) is 11.6. The Balaban J connectivity index is 1.58. The quantitative estimate of drug-likeness (QED) is 0.358. The molecule has 2 unspecified atom stereocenters. The number of methoxy groups -OCH3 is 1. The lowest BCUT2D eigenvalue weighted by Crippen LogP contribution is -2.37. The number of aromatic hydroxyl groups is 1. The molecule has 0 bridgehead atoms. The maximum Gasteiger partial charge on any atom is 0.337 e. The molecule has 2 N–H and O–H groups in total. The van der Waals surface area contributed by atoms with Crippen molar-refractivity contribution in [1.82, 2.24) is 5.32 Å². The van der Waals surface area contributed by atoms with Gasteiger partial charge in [-0.15, -0.1) is 0 Å². The Bertz CT molecular complexity index is 1330. The van der Waals surface area contributed by atoms with Gasteiger partial charge in [-0.25, -0.2) is 4.79 Å². The minimum absolute atomic E-state index is 0.00343. The zero-order valence-electron chi connectivity index (χ0n) is 21.5. The summed E-state index contributed by atoms with van der Waals surface area (Å²) in [5.74, 6) is -0.862. The van der Waals surface area contributed by atoms with Crippen molar-refractivity contribution in [1.29, 1.82) is 0 Å². The van der Waals surface area contributed by atoms with E-state index in [-0.39, 0.29) is 29.3 Å². The van der Waals surface area contributed by atoms with E-state index in [1.807, 2.05) is 31.2 Å². The number of dihydropyridines is 1. The smallest absolute Gasteiger partial charge is 0.337 e. The van der Waals surface area contributed by atoms with E-state index >= 15 is 0 Å². The van der Waals surface area contributed by atoms with E-state index in [9.17, 15) is 14.7 Å². The molecule has 200 valence electrons. The van der Waals surface area contributed by atoms with Crippen molar-refractivity contribution in [3.8, 4) is 11.5 Å². The second kappa shape index (κ2) is 11.1. The molecular formula is C30H31BrClNO5. The number of nitrogens with one attached hydrogen (secondary N) is 1. The Hall–Kier alpha value is -2.77. The van der Waals surface area contributed by atoms with E-state index in [1.165, 1.54) is 7.11 Å². The van der Waals surface area contributed by atoms with Crippen molar-refractivity contribution >= 4 is 39.3 Å². The van der Waals surface area contributed by atoms with Gasteiger partial charge in [0.2, 0.25) is 0 Å². The predicted octanol–water partition coefficient (Wildman–Crippen LogP) is 7.05. The Morgan fingerprint density at radius 3 is 2.47 bits per heavy atom. The fraction of sp³-hybridized carbons (Fsp3) is 0.400. The first-order valence-electron chi connectivity index (χ1n) is 13.0. The molecule has 1 fully saturated rings. The van der Waals surface area contributed by atoms with Crippen molar-refractivity contribution in [2.75, 3.05) is 7.11 Å². The van der Waals surface area contributed by atoms with Crippen LogP contribution in [-0.4, -0.2) is 30.1 Å². The topological polar surface area (TPSA) is 84.9 Å². The summed E-state index contributed by atoms with van der Waals surface area (Å²) >= 11 is 9.51. The summed E-state index contributed by atoms with van der Waals surface area (Å²) in [6.07, 6.45) is 5.76. The zero-order valence-corrected chi connectivity index (χ0v) is 23.8. The average molecular weight is 601 g/mol. The first kappa shape index (κ1) is 26.8. The van der Waals surface area contributed by atoms with Gasteiger partial charge in [0.15, 0.2) is 17.3 Å². The highest BCUT2D eigenvalue weighted by molar-refractivity contribution is 9.10. The largest absolute Gasteiger partial charge is 0.503 e. The van der Waals surface area contributed by atoms with Gasteiger partial charge < -0.3 is 19.9 Å². The zero-order chi connectivity index (χ0) is 27.0. The number of carbonyl (C=O) groups excluding carboxylic acids is 2. The first-order chi connectivity index (χ1) is 18.3. The summed E-state index contributed by atoms with van der Waals surface area (Å²) in [6, 6.07) is 11.0. The van der Waals surface area contributed by atoms with Crippen molar-refractivity contribution in [3.05, 3.63) is 79.6 Å². The van der Waals surface area contributed by atoms with Crippen LogP contribution in [-0.2, 0) is 14.3 Å². The van der Waals surface area contributed by atoms with Gasteiger partial charge in [0.25, 0.3) is 0 Å². The molecule has 0 spiro atoms. The van der Waals surface area contributed by atoms with Crippen LogP contribution in [0.5, 0.6) is 11.5 Å². The van der Waals surface area contributed by atoms with Crippen LogP contribution in [0.2, 0.25) is 5.02 Å². The summed E-state index contributed by atoms with van der Waals surface area (Å²) in [4.78, 5) is 27.5. The van der Waals surface area contributed by atoms with E-state index in [1.54, 1.807) is 12.1 Å². The maximum absolute atomic E-state index is 13.8. The molecule has 2 aromatic rings. The summed E-state index contributed by atoms with van der Waals surface area (Å²) < 4.78 is 11.8. The minimum atomic E-state index is -0.646. The van der Waals surface area contributed by atoms with Crippen LogP contribution in [0.4, 0.5) is 0 Å². The van der Waals surface area contributed by atoms with Gasteiger partial charge in [-0.05, 0) is 96.3 Å². The van der Waals surface area contributed by atoms with Crippen molar-refractivity contribution in [3.63, 3.8) is 0 Å². The SMILES string of the molecule is COc1cc(C2C(C(=O)OC3CCCCC3)=C(C)NC3=C2C(=O)CC(c2ccc(Cl)cc2)C3)cc(Br)c1O. The molecule has 1 heterocycles. The molecule has 0 amide bonds. The highest BCUT2D eigenvalue weighted by Gasteiger charge is 2.42. The highest BCUT2D eigenvalue weighted by Crippen LogP contribution is 2.48. The van der Waals surface area contributed by atoms with Crippen LogP contribution in [0.3, 0.4) is 0 Å². The standard InChI is InChI=1S/C30H31BrClNO5/c1-16-26(30(36)38-21-6-4-3-5-7-21)27(19-12-22(31)29(35)25(15-19)37-2)28-23(33-16)13-18(14-24(28)34)17-8-10-20(32)11-9-17/h8-12,15,18,21,27,33,35H,3-7,13-14H2,1-2H3. The molecule has 3 aliphatic rings. The Kier molecular flexibility index (Phi) is 7.87. The normalized spacial score (nSPS) is 22.2. The molecule has 0 aromatic heterocycles. The molecule has 38 heavy (non-hydrogen) atoms. The number of ether oxygens (including phenoxy) is 2. The van der Waals surface area contributed by atoms with Gasteiger partial charge in [-0.3, -0.25) is 4.79 Å². The number of allylic oxidation sites excluding steroid dienone is 3. The van der Waals surface area contributed by atoms with E-state index in [2.05, 4.69) is 21.2 Å². The van der Waals surface area contributed by atoms with Crippen LogP contribution < -0.4 is 10.1 Å². The number of rotatable bonds is 5. The van der Waals surface area contributed by atoms with Crippen molar-refractivity contribution in [2.45, 2.75) is 69.8 Å². The van der Waals surface area contributed by atoms with Crippen LogP contribution in [0.1, 0.15) is 74.8 Å². The van der Waals surface area contributed by atoms with Gasteiger partial charge in [0, 0.05) is 34.3 Å². The molecular weight excluding hydrogens is 570 g/mol. The minimum Gasteiger partial charge on any atom is -0.503 e. The van der Waals surface area contributed by atoms with E-state index in [4.69, 9.17) is 21.1 Å². The summed E-state index contributed by atoms with van der Waals surface area (Å²) in [5.41, 5.74) is 4.19. The van der Waals surface area contributed by atoms with Gasteiger partial charge in [0.1, 0.15) is 6.10 Å². The lowest BCUT2D eigenvalue weighted by Gasteiger charge is -2.37. The van der Waals surface area contributed by atoms with Gasteiger partial charge in [0.05, 0.1) is 17.2 Å². The third-order valence-corrected chi connectivity index (χ3v) is 8.68. The lowest BCUT2D eigenvalue weighted by molar-refractivity contribution is -0.146. The van der Waals surface area contributed by atoms with E-state index in [0.717, 1.165) is 43.4 Å². The molecule has 2 atom stereocenters. The van der Waals surface area contributed by atoms with Gasteiger partial charge >= 0.3 is 5.97 Å². The predicted molar refractivity (Wildman–Crippen MR) is 149 cm³/mol. The highest BCUT2D eigenvalue weighted by atomic mass is 79.9. The van der Waals surface area contributed by atoms with Crippen LogP contribution in [0, 0.1) is 0 Å². The Morgan fingerprint density at radius 1 is 1.08 bits per heavy atom. The fourth-order valence-electron chi connectivity index (χ4n) is 5.93. The number of Topliss-reactive ketones (excluding diaryl/α,β-unsaturated/α-hetero) is 1. The number of phenols is 1. The third-order valence-electron chi connectivity index (χ3n) is 7.82. The number of halogens is 2. The molecule has 2 aromatic carbocycles. The molecule has 0 radical (unpaired) electrons. The number of hydrogen-bond donors (Lipinski definition) is 2. The van der Waals surface area contributed by atoms with Gasteiger partial charge in [-0.2, -0.15) is 0 Å². The lowest BCUT2D eigenvalue weighted by atomic mass is 9.71.